The summed E-state index contributed by atoms with van der Waals surface area (Å²) in [7, 11) is 1.46. The SMILES string of the molecule is COc1cc(/C=C2\SC(=O)N(CC(=O)c3ccc(Br)cc3)C2=O)ccc1OCC(=O)Nc1ccccc1. The zero-order chi connectivity index (χ0) is 26.4. The van der Waals surface area contributed by atoms with Gasteiger partial charge in [0.1, 0.15) is 0 Å². The van der Waals surface area contributed by atoms with Gasteiger partial charge in [-0.2, -0.15) is 0 Å². The summed E-state index contributed by atoms with van der Waals surface area (Å²) in [5.41, 5.74) is 1.65. The van der Waals surface area contributed by atoms with E-state index in [1.807, 2.05) is 18.2 Å². The topological polar surface area (TPSA) is 102 Å². The van der Waals surface area contributed by atoms with E-state index in [0.717, 1.165) is 21.1 Å². The number of nitrogens with one attached hydrogen (secondary N) is 1. The molecule has 1 saturated heterocycles. The maximum absolute atomic E-state index is 12.8. The van der Waals surface area contributed by atoms with E-state index in [4.69, 9.17) is 9.47 Å². The van der Waals surface area contributed by atoms with Crippen LogP contribution in [-0.2, 0) is 9.59 Å². The highest BCUT2D eigenvalue weighted by molar-refractivity contribution is 9.10. The number of benzene rings is 3. The van der Waals surface area contributed by atoms with Crippen molar-refractivity contribution in [3.8, 4) is 11.5 Å². The van der Waals surface area contributed by atoms with Gasteiger partial charge in [0.25, 0.3) is 17.1 Å². The summed E-state index contributed by atoms with van der Waals surface area (Å²) in [6.45, 7) is -0.569. The number of rotatable bonds is 9. The molecule has 3 amide bonds. The molecule has 37 heavy (non-hydrogen) atoms. The molecule has 0 atom stereocenters. The Bertz CT molecular complexity index is 1380. The van der Waals surface area contributed by atoms with E-state index in [-0.39, 0.29) is 29.7 Å². The summed E-state index contributed by atoms with van der Waals surface area (Å²) in [5.74, 6) is -0.515. The number of carbonyl (C=O) groups excluding carboxylic acids is 4. The number of ketones is 1. The molecular weight excluding hydrogens is 560 g/mol. The Morgan fingerprint density at radius 3 is 2.43 bits per heavy atom. The molecule has 3 aromatic rings. The number of nitrogens with zero attached hydrogens (tertiary/aromatic N) is 1. The number of para-hydroxylation sites is 1. The van der Waals surface area contributed by atoms with E-state index < -0.39 is 11.1 Å². The van der Waals surface area contributed by atoms with Gasteiger partial charge in [-0.1, -0.05) is 52.3 Å². The van der Waals surface area contributed by atoms with Crippen LogP contribution in [0.1, 0.15) is 15.9 Å². The third kappa shape index (κ3) is 6.66. The number of halogens is 1. The lowest BCUT2D eigenvalue weighted by atomic mass is 10.1. The van der Waals surface area contributed by atoms with E-state index in [1.54, 1.807) is 60.7 Å². The number of amides is 3. The van der Waals surface area contributed by atoms with Gasteiger partial charge in [0.05, 0.1) is 18.6 Å². The van der Waals surface area contributed by atoms with Gasteiger partial charge in [0.2, 0.25) is 0 Å². The number of hydrogen-bond acceptors (Lipinski definition) is 7. The number of thioether (sulfide) groups is 1. The fraction of sp³-hybridized carbons (Fsp3) is 0.111. The zero-order valence-electron chi connectivity index (χ0n) is 19.6. The van der Waals surface area contributed by atoms with Gasteiger partial charge in [-0.3, -0.25) is 24.1 Å². The number of Topliss-reactive ketones (excluding diaryl/α,β-unsaturated/α-hetero) is 1. The van der Waals surface area contributed by atoms with Crippen LogP contribution in [0.3, 0.4) is 0 Å². The summed E-state index contributed by atoms with van der Waals surface area (Å²) in [6, 6.07) is 20.6. The van der Waals surface area contributed by atoms with Crippen LogP contribution in [0.15, 0.2) is 82.2 Å². The molecule has 1 heterocycles. The smallest absolute Gasteiger partial charge is 0.293 e. The Balaban J connectivity index is 1.41. The fourth-order valence-corrected chi connectivity index (χ4v) is 4.52. The van der Waals surface area contributed by atoms with Gasteiger partial charge in [0, 0.05) is 15.7 Å². The summed E-state index contributed by atoms with van der Waals surface area (Å²) in [4.78, 5) is 51.1. The van der Waals surface area contributed by atoms with Crippen molar-refractivity contribution >= 4 is 62.3 Å². The monoisotopic (exact) mass is 580 g/mol. The number of imide groups is 1. The van der Waals surface area contributed by atoms with Crippen molar-refractivity contribution in [1.29, 1.82) is 0 Å². The molecule has 188 valence electrons. The first-order valence-corrected chi connectivity index (χ1v) is 12.6. The van der Waals surface area contributed by atoms with E-state index >= 15 is 0 Å². The molecule has 4 rings (SSSR count). The first-order chi connectivity index (χ1) is 17.8. The molecule has 0 aromatic heterocycles. The maximum Gasteiger partial charge on any atom is 0.293 e. The van der Waals surface area contributed by atoms with Gasteiger partial charge in [0.15, 0.2) is 23.9 Å². The minimum absolute atomic E-state index is 0.187. The van der Waals surface area contributed by atoms with Crippen molar-refractivity contribution in [3.63, 3.8) is 0 Å². The van der Waals surface area contributed by atoms with E-state index in [1.165, 1.54) is 7.11 Å². The number of carbonyl (C=O) groups is 4. The van der Waals surface area contributed by atoms with E-state index in [0.29, 0.717) is 28.3 Å². The number of methoxy groups -OCH3 is 1. The predicted octanol–water partition coefficient (Wildman–Crippen LogP) is 5.39. The fourth-order valence-electron chi connectivity index (χ4n) is 3.41. The molecule has 1 N–H and O–H groups in total. The van der Waals surface area contributed by atoms with Crippen molar-refractivity contribution in [2.45, 2.75) is 0 Å². The zero-order valence-corrected chi connectivity index (χ0v) is 22.0. The first kappa shape index (κ1) is 26.2. The molecule has 0 unspecified atom stereocenters. The molecule has 3 aromatic carbocycles. The van der Waals surface area contributed by atoms with Gasteiger partial charge in [-0.05, 0) is 59.8 Å². The molecule has 1 fully saturated rings. The lowest BCUT2D eigenvalue weighted by Crippen LogP contribution is -2.33. The van der Waals surface area contributed by atoms with Crippen LogP contribution in [0.4, 0.5) is 10.5 Å². The average Bonchev–Trinajstić information content (AvgIpc) is 3.16. The third-order valence-corrected chi connectivity index (χ3v) is 6.68. The lowest BCUT2D eigenvalue weighted by Gasteiger charge is -2.12. The van der Waals surface area contributed by atoms with E-state index in [2.05, 4.69) is 21.2 Å². The normalized spacial score (nSPS) is 14.1. The van der Waals surface area contributed by atoms with Gasteiger partial charge >= 0.3 is 0 Å². The van der Waals surface area contributed by atoms with Crippen LogP contribution in [0.5, 0.6) is 11.5 Å². The van der Waals surface area contributed by atoms with Crippen molar-refractivity contribution in [3.05, 3.63) is 93.3 Å². The largest absolute Gasteiger partial charge is 0.493 e. The number of hydrogen-bond donors (Lipinski definition) is 1. The molecule has 0 bridgehead atoms. The highest BCUT2D eigenvalue weighted by Crippen LogP contribution is 2.34. The van der Waals surface area contributed by atoms with Crippen LogP contribution in [0.25, 0.3) is 6.08 Å². The highest BCUT2D eigenvalue weighted by Gasteiger charge is 2.36. The van der Waals surface area contributed by atoms with Crippen molar-refractivity contribution in [2.24, 2.45) is 0 Å². The minimum Gasteiger partial charge on any atom is -0.493 e. The molecule has 0 aliphatic carbocycles. The maximum atomic E-state index is 12.8. The standard InChI is InChI=1S/C27H21BrN2O6S/c1-35-23-13-17(7-12-22(23)36-16-25(32)29-20-5-3-2-4-6-20)14-24-26(33)30(27(34)37-24)15-21(31)18-8-10-19(28)11-9-18/h2-14H,15-16H2,1H3,(H,29,32)/b24-14-. The first-order valence-electron chi connectivity index (χ1n) is 11.0. The van der Waals surface area contributed by atoms with Gasteiger partial charge in [-0.15, -0.1) is 0 Å². The third-order valence-electron chi connectivity index (χ3n) is 5.24. The van der Waals surface area contributed by atoms with Crippen molar-refractivity contribution in [1.82, 2.24) is 4.90 Å². The second-order valence-corrected chi connectivity index (χ2v) is 9.72. The molecule has 1 aliphatic rings. The van der Waals surface area contributed by atoms with Crippen LogP contribution in [0.2, 0.25) is 0 Å². The second kappa shape index (κ2) is 11.9. The number of ether oxygens (including phenoxy) is 2. The Kier molecular flexibility index (Phi) is 8.42. The molecule has 10 heteroatoms. The van der Waals surface area contributed by atoms with Gasteiger partial charge in [-0.25, -0.2) is 0 Å². The van der Waals surface area contributed by atoms with E-state index in [9.17, 15) is 19.2 Å². The Morgan fingerprint density at radius 2 is 1.73 bits per heavy atom. The van der Waals surface area contributed by atoms with Crippen LogP contribution in [0, 0.1) is 0 Å². The Hall–Kier alpha value is -3.89. The minimum atomic E-state index is -0.544. The van der Waals surface area contributed by atoms with Crippen LogP contribution in [-0.4, -0.2) is 48.0 Å². The number of anilines is 1. The molecule has 0 spiro atoms. The van der Waals surface area contributed by atoms with Gasteiger partial charge < -0.3 is 14.8 Å². The average molecular weight is 581 g/mol. The summed E-state index contributed by atoms with van der Waals surface area (Å²) in [6.07, 6.45) is 1.55. The van der Waals surface area contributed by atoms with Crippen LogP contribution >= 0.6 is 27.7 Å². The summed E-state index contributed by atoms with van der Waals surface area (Å²) < 4.78 is 11.8. The summed E-state index contributed by atoms with van der Waals surface area (Å²) >= 11 is 4.07. The quantitative estimate of drug-likeness (QED) is 0.267. The lowest BCUT2D eigenvalue weighted by molar-refractivity contribution is -0.122. The Labute approximate surface area is 225 Å². The highest BCUT2D eigenvalue weighted by atomic mass is 79.9. The predicted molar refractivity (Wildman–Crippen MR) is 145 cm³/mol. The molecule has 8 nitrogen and oxygen atoms in total. The second-order valence-electron chi connectivity index (χ2n) is 7.81. The van der Waals surface area contributed by atoms with Crippen molar-refractivity contribution < 1.29 is 28.7 Å². The van der Waals surface area contributed by atoms with Crippen LogP contribution < -0.4 is 14.8 Å². The molecule has 0 saturated carbocycles. The summed E-state index contributed by atoms with van der Waals surface area (Å²) in [5, 5.41) is 2.22. The molecular formula is C27H21BrN2O6S. The Morgan fingerprint density at radius 1 is 1.00 bits per heavy atom. The van der Waals surface area contributed by atoms with Crippen molar-refractivity contribution in [2.75, 3.05) is 25.6 Å². The molecule has 1 aliphatic heterocycles. The molecule has 0 radical (unpaired) electrons.